The minimum Gasteiger partial charge on any atom is -0.756 e. The molecule has 0 rings (SSSR count). The van der Waals surface area contributed by atoms with Crippen molar-refractivity contribution in [3.05, 3.63) is 36.5 Å². The van der Waals surface area contributed by atoms with Crippen LogP contribution >= 0.6 is 7.82 Å². The molecule has 0 bridgehead atoms. The van der Waals surface area contributed by atoms with Crippen molar-refractivity contribution in [2.75, 3.05) is 54.1 Å². The number of quaternary nitrogens is 1. The van der Waals surface area contributed by atoms with Crippen molar-refractivity contribution in [1.82, 2.24) is 0 Å². The maximum atomic E-state index is 12.5. The molecule has 0 aromatic heterocycles. The van der Waals surface area contributed by atoms with E-state index in [9.17, 15) is 14.3 Å². The molecule has 48 heavy (non-hydrogen) atoms. The van der Waals surface area contributed by atoms with E-state index in [4.69, 9.17) is 18.5 Å². The molecule has 0 heterocycles. The smallest absolute Gasteiger partial charge is 0.306 e. The highest BCUT2D eigenvalue weighted by Gasteiger charge is 2.20. The van der Waals surface area contributed by atoms with Gasteiger partial charge in [-0.15, -0.1) is 0 Å². The Labute approximate surface area is 295 Å². The summed E-state index contributed by atoms with van der Waals surface area (Å²) in [5.74, 6) is -0.349. The van der Waals surface area contributed by atoms with Crippen LogP contribution in [0.2, 0.25) is 0 Å². The summed E-state index contributed by atoms with van der Waals surface area (Å²) in [6, 6.07) is 0. The van der Waals surface area contributed by atoms with Crippen LogP contribution in [-0.4, -0.2) is 70.7 Å². The maximum absolute atomic E-state index is 12.5. The SMILES string of the molecule is CCCCC/C=C\C/C=C\C/C=C\CCCCCCCCCOCC(COP(=O)([O-])OCC[N+](C)(C)C)OC(=O)CCCCCCCC. The molecule has 0 saturated heterocycles. The summed E-state index contributed by atoms with van der Waals surface area (Å²) in [5, 5.41) is 0. The summed E-state index contributed by atoms with van der Waals surface area (Å²) in [5.41, 5.74) is 0. The molecule has 0 fully saturated rings. The molecule has 0 aliphatic carbocycles. The lowest BCUT2D eigenvalue weighted by molar-refractivity contribution is -0.870. The van der Waals surface area contributed by atoms with Crippen molar-refractivity contribution in [2.24, 2.45) is 0 Å². The van der Waals surface area contributed by atoms with Gasteiger partial charge in [0.15, 0.2) is 0 Å². The van der Waals surface area contributed by atoms with Crippen LogP contribution < -0.4 is 4.89 Å². The zero-order chi connectivity index (χ0) is 35.6. The zero-order valence-corrected chi connectivity index (χ0v) is 32.6. The second kappa shape index (κ2) is 32.9. The third kappa shape index (κ3) is 36.0. The predicted molar refractivity (Wildman–Crippen MR) is 199 cm³/mol. The lowest BCUT2D eigenvalue weighted by atomic mass is 10.1. The van der Waals surface area contributed by atoms with Crippen LogP contribution in [0.4, 0.5) is 0 Å². The average molecular weight is 700 g/mol. The molecular weight excluding hydrogens is 625 g/mol. The Morgan fingerprint density at radius 3 is 1.75 bits per heavy atom. The number of ether oxygens (including phenoxy) is 2. The van der Waals surface area contributed by atoms with Crippen LogP contribution in [0.5, 0.6) is 0 Å². The van der Waals surface area contributed by atoms with Crippen molar-refractivity contribution < 1.29 is 37.3 Å². The van der Waals surface area contributed by atoms with Crippen molar-refractivity contribution >= 4 is 13.8 Å². The first kappa shape index (κ1) is 46.7. The molecule has 0 aromatic carbocycles. The normalized spacial score (nSPS) is 14.4. The summed E-state index contributed by atoms with van der Waals surface area (Å²) in [7, 11) is 1.34. The fourth-order valence-electron chi connectivity index (χ4n) is 4.90. The van der Waals surface area contributed by atoms with Gasteiger partial charge in [-0.2, -0.15) is 0 Å². The van der Waals surface area contributed by atoms with Gasteiger partial charge in [-0.1, -0.05) is 127 Å². The molecule has 0 amide bonds. The van der Waals surface area contributed by atoms with E-state index in [-0.39, 0.29) is 25.8 Å². The minimum atomic E-state index is -4.51. The third-order valence-corrected chi connectivity index (χ3v) is 8.91. The fraction of sp³-hybridized carbons (Fsp3) is 0.821. The number of unbranched alkanes of at least 4 members (excludes halogenated alkanes) is 15. The largest absolute Gasteiger partial charge is 0.756 e. The monoisotopic (exact) mass is 700 g/mol. The second-order valence-corrected chi connectivity index (χ2v) is 15.4. The quantitative estimate of drug-likeness (QED) is 0.0214. The summed E-state index contributed by atoms with van der Waals surface area (Å²) >= 11 is 0. The first-order valence-corrected chi connectivity index (χ1v) is 20.7. The molecule has 9 heteroatoms. The first-order valence-electron chi connectivity index (χ1n) is 19.2. The van der Waals surface area contributed by atoms with Gasteiger partial charge in [0, 0.05) is 13.0 Å². The van der Waals surface area contributed by atoms with Gasteiger partial charge in [0.25, 0.3) is 7.82 Å². The van der Waals surface area contributed by atoms with E-state index < -0.39 is 13.9 Å². The summed E-state index contributed by atoms with van der Waals surface area (Å²) in [4.78, 5) is 24.7. The van der Waals surface area contributed by atoms with E-state index in [2.05, 4.69) is 50.3 Å². The van der Waals surface area contributed by atoms with E-state index >= 15 is 0 Å². The molecule has 0 radical (unpaired) electrons. The van der Waals surface area contributed by atoms with Crippen molar-refractivity contribution in [3.8, 4) is 0 Å². The molecule has 2 unspecified atom stereocenters. The molecule has 0 saturated carbocycles. The molecule has 0 aliphatic rings. The number of allylic oxidation sites excluding steroid dienone is 6. The van der Waals surface area contributed by atoms with Crippen LogP contribution in [0, 0.1) is 0 Å². The molecular formula is C39H74NO7P. The van der Waals surface area contributed by atoms with Gasteiger partial charge < -0.3 is 27.9 Å². The van der Waals surface area contributed by atoms with Gasteiger partial charge in [-0.3, -0.25) is 9.36 Å². The Balaban J connectivity index is 4.14. The number of likely N-dealkylation sites (N-methyl/N-ethyl adjacent to an activating group) is 1. The number of nitrogens with zero attached hydrogens (tertiary/aromatic N) is 1. The molecule has 0 spiro atoms. The van der Waals surface area contributed by atoms with Gasteiger partial charge in [-0.25, -0.2) is 0 Å². The Morgan fingerprint density at radius 2 is 1.15 bits per heavy atom. The molecule has 282 valence electrons. The van der Waals surface area contributed by atoms with Crippen LogP contribution in [0.15, 0.2) is 36.5 Å². The number of carbonyl (C=O) groups is 1. The van der Waals surface area contributed by atoms with Crippen LogP contribution in [-0.2, 0) is 27.9 Å². The minimum absolute atomic E-state index is 0.0237. The third-order valence-electron chi connectivity index (χ3n) is 7.94. The van der Waals surface area contributed by atoms with E-state index in [0.717, 1.165) is 51.4 Å². The number of phosphoric ester groups is 1. The highest BCUT2D eigenvalue weighted by molar-refractivity contribution is 7.45. The van der Waals surface area contributed by atoms with Gasteiger partial charge in [0.1, 0.15) is 19.3 Å². The summed E-state index contributed by atoms with van der Waals surface area (Å²) < 4.78 is 34.3. The molecule has 2 atom stereocenters. The topological polar surface area (TPSA) is 94.1 Å². The molecule has 0 aliphatic heterocycles. The highest BCUT2D eigenvalue weighted by Crippen LogP contribution is 2.38. The number of phosphoric acid groups is 1. The molecule has 0 N–H and O–H groups in total. The number of carbonyl (C=O) groups excluding carboxylic acids is 1. The lowest BCUT2D eigenvalue weighted by Gasteiger charge is -2.28. The van der Waals surface area contributed by atoms with Crippen LogP contribution in [0.1, 0.15) is 149 Å². The number of esters is 1. The van der Waals surface area contributed by atoms with E-state index in [1.54, 1.807) is 0 Å². The summed E-state index contributed by atoms with van der Waals surface area (Å²) in [6.45, 7) is 5.28. The highest BCUT2D eigenvalue weighted by atomic mass is 31.2. The van der Waals surface area contributed by atoms with Crippen molar-refractivity contribution in [3.63, 3.8) is 0 Å². The fourth-order valence-corrected chi connectivity index (χ4v) is 5.63. The van der Waals surface area contributed by atoms with E-state index in [1.165, 1.54) is 77.0 Å². The Hall–Kier alpha value is -1.28. The molecule has 0 aromatic rings. The first-order chi connectivity index (χ1) is 23.1. The standard InChI is InChI=1S/C39H74NO7P/c1-6-8-10-12-14-15-16-17-18-19-20-21-22-23-24-25-26-27-29-31-34-44-36-38(47-39(41)32-30-28-13-11-9-7-2)37-46-48(42,43)45-35-33-40(3,4)5/h14-15,17-18,20-21,38H,6-13,16,19,22-37H2,1-5H3/b15-14-,18-17-,21-20-. The predicted octanol–water partition coefficient (Wildman–Crippen LogP) is 10.0. The number of hydrogen-bond acceptors (Lipinski definition) is 7. The maximum Gasteiger partial charge on any atom is 0.306 e. The van der Waals surface area contributed by atoms with Gasteiger partial charge in [0.05, 0.1) is 34.4 Å². The lowest BCUT2D eigenvalue weighted by Crippen LogP contribution is -2.37. The Morgan fingerprint density at radius 1 is 0.646 bits per heavy atom. The van der Waals surface area contributed by atoms with Gasteiger partial charge in [0.2, 0.25) is 0 Å². The van der Waals surface area contributed by atoms with Crippen molar-refractivity contribution in [1.29, 1.82) is 0 Å². The Bertz CT molecular complexity index is 869. The average Bonchev–Trinajstić information content (AvgIpc) is 3.03. The summed E-state index contributed by atoms with van der Waals surface area (Å²) in [6.07, 6.45) is 36.1. The van der Waals surface area contributed by atoms with Crippen molar-refractivity contribution in [2.45, 2.75) is 155 Å². The van der Waals surface area contributed by atoms with Crippen LogP contribution in [0.25, 0.3) is 0 Å². The van der Waals surface area contributed by atoms with E-state index in [1.807, 2.05) is 21.1 Å². The number of rotatable bonds is 35. The van der Waals surface area contributed by atoms with E-state index in [0.29, 0.717) is 24.1 Å². The Kier molecular flexibility index (Phi) is 32.0. The second-order valence-electron chi connectivity index (χ2n) is 13.9. The van der Waals surface area contributed by atoms with Gasteiger partial charge in [-0.05, 0) is 51.4 Å². The number of hydrogen-bond donors (Lipinski definition) is 0. The molecule has 8 nitrogen and oxygen atoms in total. The van der Waals surface area contributed by atoms with Crippen LogP contribution in [0.3, 0.4) is 0 Å². The van der Waals surface area contributed by atoms with Gasteiger partial charge >= 0.3 is 5.97 Å². The zero-order valence-electron chi connectivity index (χ0n) is 31.7.